The van der Waals surface area contributed by atoms with Gasteiger partial charge in [-0.15, -0.1) is 5.10 Å². The Hall–Kier alpha value is -2.17. The molecule has 21 heavy (non-hydrogen) atoms. The van der Waals surface area contributed by atoms with E-state index in [0.29, 0.717) is 17.3 Å². The van der Waals surface area contributed by atoms with Crippen molar-refractivity contribution in [2.45, 2.75) is 13.2 Å². The molecule has 0 aliphatic heterocycles. The average molecular weight is 300 g/mol. The fourth-order valence-corrected chi connectivity index (χ4v) is 2.46. The van der Waals surface area contributed by atoms with E-state index >= 15 is 0 Å². The third-order valence-corrected chi connectivity index (χ3v) is 3.65. The van der Waals surface area contributed by atoms with Crippen LogP contribution in [0.3, 0.4) is 0 Å². The number of nitrogens with zero attached hydrogens (tertiary/aromatic N) is 3. The van der Waals surface area contributed by atoms with E-state index in [0.717, 1.165) is 16.8 Å². The van der Waals surface area contributed by atoms with Crippen LogP contribution in [-0.4, -0.2) is 20.1 Å². The molecule has 1 aromatic heterocycles. The van der Waals surface area contributed by atoms with Crippen molar-refractivity contribution < 1.29 is 5.11 Å². The molecule has 0 aliphatic rings. The molecule has 3 rings (SSSR count). The minimum absolute atomic E-state index is 0.146. The second kappa shape index (κ2) is 6.08. The third-order valence-electron chi connectivity index (χ3n) is 3.28. The SMILES string of the molecule is OCc1nnn(Cc2ccccc2Cl)c1-c1ccccc1. The highest BCUT2D eigenvalue weighted by molar-refractivity contribution is 6.31. The van der Waals surface area contributed by atoms with Gasteiger partial charge in [-0.05, 0) is 11.6 Å². The lowest BCUT2D eigenvalue weighted by molar-refractivity contribution is 0.277. The van der Waals surface area contributed by atoms with Crippen LogP contribution in [0.25, 0.3) is 11.3 Å². The van der Waals surface area contributed by atoms with Crippen LogP contribution < -0.4 is 0 Å². The number of rotatable bonds is 4. The Morgan fingerprint density at radius 1 is 1.00 bits per heavy atom. The zero-order valence-corrected chi connectivity index (χ0v) is 12.0. The highest BCUT2D eigenvalue weighted by atomic mass is 35.5. The van der Waals surface area contributed by atoms with Crippen molar-refractivity contribution in [2.24, 2.45) is 0 Å². The first kappa shape index (κ1) is 13.8. The molecule has 3 aromatic rings. The Morgan fingerprint density at radius 3 is 2.43 bits per heavy atom. The Morgan fingerprint density at radius 2 is 1.71 bits per heavy atom. The van der Waals surface area contributed by atoms with Gasteiger partial charge in [-0.25, -0.2) is 4.68 Å². The van der Waals surface area contributed by atoms with E-state index in [2.05, 4.69) is 10.3 Å². The van der Waals surface area contributed by atoms with E-state index in [-0.39, 0.29) is 6.61 Å². The lowest BCUT2D eigenvalue weighted by atomic mass is 10.1. The van der Waals surface area contributed by atoms with Crippen LogP contribution in [0.2, 0.25) is 5.02 Å². The smallest absolute Gasteiger partial charge is 0.116 e. The molecule has 2 aromatic carbocycles. The van der Waals surface area contributed by atoms with Gasteiger partial charge in [0, 0.05) is 10.6 Å². The van der Waals surface area contributed by atoms with Gasteiger partial charge in [-0.3, -0.25) is 0 Å². The normalized spacial score (nSPS) is 10.8. The molecule has 0 unspecified atom stereocenters. The summed E-state index contributed by atoms with van der Waals surface area (Å²) in [6, 6.07) is 17.4. The van der Waals surface area contributed by atoms with Gasteiger partial charge in [0.05, 0.1) is 18.8 Å². The summed E-state index contributed by atoms with van der Waals surface area (Å²) in [4.78, 5) is 0. The zero-order chi connectivity index (χ0) is 14.7. The van der Waals surface area contributed by atoms with Crippen molar-refractivity contribution in [3.63, 3.8) is 0 Å². The predicted octanol–water partition coefficient (Wildman–Crippen LogP) is 3.14. The summed E-state index contributed by atoms with van der Waals surface area (Å²) in [5.74, 6) is 0. The number of aliphatic hydroxyl groups is 1. The molecule has 0 fully saturated rings. The lowest BCUT2D eigenvalue weighted by Gasteiger charge is -2.09. The van der Waals surface area contributed by atoms with Crippen molar-refractivity contribution in [1.82, 2.24) is 15.0 Å². The first-order chi connectivity index (χ1) is 10.3. The molecule has 1 N–H and O–H groups in total. The van der Waals surface area contributed by atoms with Crippen molar-refractivity contribution in [3.8, 4) is 11.3 Å². The van der Waals surface area contributed by atoms with E-state index in [9.17, 15) is 5.11 Å². The second-order valence-corrected chi connectivity index (χ2v) is 5.07. The quantitative estimate of drug-likeness (QED) is 0.805. The average Bonchev–Trinajstić information content (AvgIpc) is 2.93. The van der Waals surface area contributed by atoms with Crippen LogP contribution in [0.15, 0.2) is 54.6 Å². The Bertz CT molecular complexity index is 740. The second-order valence-electron chi connectivity index (χ2n) is 4.66. The maximum Gasteiger partial charge on any atom is 0.116 e. The topological polar surface area (TPSA) is 50.9 Å². The van der Waals surface area contributed by atoms with E-state index in [1.165, 1.54) is 0 Å². The van der Waals surface area contributed by atoms with Crippen molar-refractivity contribution in [1.29, 1.82) is 0 Å². The van der Waals surface area contributed by atoms with Gasteiger partial charge < -0.3 is 5.11 Å². The zero-order valence-electron chi connectivity index (χ0n) is 11.3. The molecule has 106 valence electrons. The first-order valence-corrected chi connectivity index (χ1v) is 6.99. The lowest BCUT2D eigenvalue weighted by Crippen LogP contribution is -2.05. The van der Waals surface area contributed by atoms with E-state index in [1.807, 2.05) is 54.6 Å². The highest BCUT2D eigenvalue weighted by Crippen LogP contribution is 2.24. The summed E-state index contributed by atoms with van der Waals surface area (Å²) >= 11 is 6.20. The fraction of sp³-hybridized carbons (Fsp3) is 0.125. The van der Waals surface area contributed by atoms with Gasteiger partial charge in [0.15, 0.2) is 0 Å². The molecule has 0 saturated heterocycles. The molecule has 0 aliphatic carbocycles. The van der Waals surface area contributed by atoms with Crippen LogP contribution in [0.4, 0.5) is 0 Å². The molecule has 0 bridgehead atoms. The molecule has 0 saturated carbocycles. The maximum atomic E-state index is 9.47. The van der Waals surface area contributed by atoms with Gasteiger partial charge >= 0.3 is 0 Å². The van der Waals surface area contributed by atoms with Crippen molar-refractivity contribution >= 4 is 11.6 Å². The number of hydrogen-bond acceptors (Lipinski definition) is 3. The van der Waals surface area contributed by atoms with Crippen LogP contribution in [-0.2, 0) is 13.2 Å². The summed E-state index contributed by atoms with van der Waals surface area (Å²) in [5, 5.41) is 18.4. The number of benzene rings is 2. The number of hydrogen-bond donors (Lipinski definition) is 1. The molecular weight excluding hydrogens is 286 g/mol. The predicted molar refractivity (Wildman–Crippen MR) is 81.9 cm³/mol. The van der Waals surface area contributed by atoms with Gasteiger partial charge in [-0.1, -0.05) is 65.3 Å². The molecule has 0 radical (unpaired) electrons. The van der Waals surface area contributed by atoms with Gasteiger partial charge in [0.1, 0.15) is 5.69 Å². The van der Waals surface area contributed by atoms with Crippen molar-refractivity contribution in [2.75, 3.05) is 0 Å². The van der Waals surface area contributed by atoms with Crippen LogP contribution in [0.5, 0.6) is 0 Å². The van der Waals surface area contributed by atoms with E-state index in [4.69, 9.17) is 11.6 Å². The summed E-state index contributed by atoms with van der Waals surface area (Å²) in [5.41, 5.74) is 3.32. The Kier molecular flexibility index (Phi) is 3.99. The molecule has 0 atom stereocenters. The van der Waals surface area contributed by atoms with E-state index in [1.54, 1.807) is 4.68 Å². The summed E-state index contributed by atoms with van der Waals surface area (Å²) < 4.78 is 1.77. The van der Waals surface area contributed by atoms with Gasteiger partial charge in [0.2, 0.25) is 0 Å². The molecule has 1 heterocycles. The monoisotopic (exact) mass is 299 g/mol. The highest BCUT2D eigenvalue weighted by Gasteiger charge is 2.15. The van der Waals surface area contributed by atoms with Gasteiger partial charge in [0.25, 0.3) is 0 Å². The Labute approximate surface area is 127 Å². The largest absolute Gasteiger partial charge is 0.390 e. The molecule has 0 amide bonds. The van der Waals surface area contributed by atoms with Crippen molar-refractivity contribution in [3.05, 3.63) is 70.9 Å². The van der Waals surface area contributed by atoms with Gasteiger partial charge in [-0.2, -0.15) is 0 Å². The minimum atomic E-state index is -0.146. The summed E-state index contributed by atoms with van der Waals surface area (Å²) in [7, 11) is 0. The number of halogens is 1. The molecule has 5 heteroatoms. The Balaban J connectivity index is 2.04. The fourth-order valence-electron chi connectivity index (χ4n) is 2.27. The molecule has 0 spiro atoms. The van der Waals surface area contributed by atoms with Crippen LogP contribution in [0, 0.1) is 0 Å². The summed E-state index contributed by atoms with van der Waals surface area (Å²) in [6.07, 6.45) is 0. The van der Waals surface area contributed by atoms with Crippen LogP contribution in [0.1, 0.15) is 11.3 Å². The number of aromatic nitrogens is 3. The summed E-state index contributed by atoms with van der Waals surface area (Å²) in [6.45, 7) is 0.365. The third kappa shape index (κ3) is 2.82. The maximum absolute atomic E-state index is 9.47. The molecular formula is C16H14ClN3O. The standard InChI is InChI=1S/C16H14ClN3O/c17-14-9-5-4-8-13(14)10-20-16(15(11-21)18-19-20)12-6-2-1-3-7-12/h1-9,21H,10-11H2. The van der Waals surface area contributed by atoms with Crippen LogP contribution >= 0.6 is 11.6 Å². The minimum Gasteiger partial charge on any atom is -0.390 e. The number of aliphatic hydroxyl groups excluding tert-OH is 1. The molecule has 4 nitrogen and oxygen atoms in total. The first-order valence-electron chi connectivity index (χ1n) is 6.61. The van der Waals surface area contributed by atoms with E-state index < -0.39 is 0 Å².